The van der Waals surface area contributed by atoms with Gasteiger partial charge in [-0.1, -0.05) is 17.8 Å². The molecule has 1 aromatic rings. The minimum absolute atomic E-state index is 0.0534. The quantitative estimate of drug-likeness (QED) is 0.903. The average molecular weight is 283 g/mol. The molecule has 7 heteroatoms. The van der Waals surface area contributed by atoms with Crippen LogP contribution in [0.15, 0.2) is 0 Å². The van der Waals surface area contributed by atoms with E-state index in [1.54, 1.807) is 4.90 Å². The minimum atomic E-state index is -0.766. The van der Waals surface area contributed by atoms with Crippen molar-refractivity contribution < 1.29 is 14.7 Å². The molecule has 0 saturated carbocycles. The van der Waals surface area contributed by atoms with E-state index >= 15 is 0 Å². The number of rotatable bonds is 4. The lowest BCUT2D eigenvalue weighted by atomic mass is 9.97. The minimum Gasteiger partial charge on any atom is -0.481 e. The molecule has 0 atom stereocenters. The Labute approximate surface area is 115 Å². The average Bonchev–Trinajstić information content (AvgIpc) is 2.87. The van der Waals surface area contributed by atoms with Crippen LogP contribution in [0, 0.1) is 5.92 Å². The standard InChI is InChI=1S/C12H17N3O3S/c1-2-3-9-10(19-14-13-9)11(16)15-6-4-8(5-7-15)12(17)18/h8H,2-7H2,1H3,(H,17,18). The maximum Gasteiger partial charge on any atom is 0.306 e. The summed E-state index contributed by atoms with van der Waals surface area (Å²) >= 11 is 1.13. The summed E-state index contributed by atoms with van der Waals surface area (Å²) in [4.78, 5) is 25.5. The van der Waals surface area contributed by atoms with Gasteiger partial charge in [0.05, 0.1) is 11.6 Å². The van der Waals surface area contributed by atoms with Crippen molar-refractivity contribution in [3.63, 3.8) is 0 Å². The van der Waals surface area contributed by atoms with Crippen molar-refractivity contribution >= 4 is 23.4 Å². The van der Waals surface area contributed by atoms with Gasteiger partial charge in [-0.2, -0.15) is 0 Å². The van der Waals surface area contributed by atoms with Crippen LogP contribution in [0.3, 0.4) is 0 Å². The molecule has 0 bridgehead atoms. The summed E-state index contributed by atoms with van der Waals surface area (Å²) in [6, 6.07) is 0. The van der Waals surface area contributed by atoms with Crippen LogP contribution in [0.4, 0.5) is 0 Å². The molecular formula is C12H17N3O3S. The highest BCUT2D eigenvalue weighted by molar-refractivity contribution is 7.08. The van der Waals surface area contributed by atoms with Gasteiger partial charge in [0.1, 0.15) is 4.88 Å². The number of nitrogens with zero attached hydrogens (tertiary/aromatic N) is 3. The molecule has 0 aromatic carbocycles. The molecule has 0 aliphatic carbocycles. The maximum atomic E-state index is 12.3. The first-order valence-electron chi connectivity index (χ1n) is 6.46. The van der Waals surface area contributed by atoms with Crippen molar-refractivity contribution in [2.45, 2.75) is 32.6 Å². The number of hydrogen-bond donors (Lipinski definition) is 1. The van der Waals surface area contributed by atoms with E-state index in [9.17, 15) is 9.59 Å². The van der Waals surface area contributed by atoms with Crippen molar-refractivity contribution in [1.82, 2.24) is 14.5 Å². The van der Waals surface area contributed by atoms with Crippen molar-refractivity contribution in [2.75, 3.05) is 13.1 Å². The van der Waals surface area contributed by atoms with Gasteiger partial charge >= 0.3 is 5.97 Å². The van der Waals surface area contributed by atoms with Gasteiger partial charge in [0.15, 0.2) is 0 Å². The largest absolute Gasteiger partial charge is 0.481 e. The number of amides is 1. The van der Waals surface area contributed by atoms with Crippen LogP contribution in [0.5, 0.6) is 0 Å². The second-order valence-corrected chi connectivity index (χ2v) is 5.46. The van der Waals surface area contributed by atoms with E-state index in [0.29, 0.717) is 30.8 Å². The van der Waals surface area contributed by atoms with E-state index < -0.39 is 5.97 Å². The Hall–Kier alpha value is -1.50. The third-order valence-electron chi connectivity index (χ3n) is 3.37. The number of carboxylic acids is 1. The van der Waals surface area contributed by atoms with Gasteiger partial charge in [0.25, 0.3) is 5.91 Å². The maximum absolute atomic E-state index is 12.3. The highest BCUT2D eigenvalue weighted by atomic mass is 32.1. The van der Waals surface area contributed by atoms with Gasteiger partial charge < -0.3 is 10.0 Å². The van der Waals surface area contributed by atoms with E-state index in [4.69, 9.17) is 5.11 Å². The molecule has 1 aliphatic rings. The molecule has 2 rings (SSSR count). The summed E-state index contributed by atoms with van der Waals surface area (Å²) in [7, 11) is 0. The fourth-order valence-corrected chi connectivity index (χ4v) is 2.92. The predicted octanol–water partition coefficient (Wildman–Crippen LogP) is 1.43. The lowest BCUT2D eigenvalue weighted by molar-refractivity contribution is -0.143. The summed E-state index contributed by atoms with van der Waals surface area (Å²) in [6.07, 6.45) is 2.72. The van der Waals surface area contributed by atoms with E-state index in [0.717, 1.165) is 30.1 Å². The molecule has 1 aliphatic heterocycles. The van der Waals surface area contributed by atoms with Crippen LogP contribution >= 0.6 is 11.5 Å². The highest BCUT2D eigenvalue weighted by Gasteiger charge is 2.29. The van der Waals surface area contributed by atoms with Crippen molar-refractivity contribution in [3.8, 4) is 0 Å². The zero-order valence-corrected chi connectivity index (χ0v) is 11.7. The van der Waals surface area contributed by atoms with Gasteiger partial charge in [0.2, 0.25) is 0 Å². The lowest BCUT2D eigenvalue weighted by Crippen LogP contribution is -2.40. The fourth-order valence-electron chi connectivity index (χ4n) is 2.24. The number of likely N-dealkylation sites (tertiary alicyclic amines) is 1. The summed E-state index contributed by atoms with van der Waals surface area (Å²) < 4.78 is 3.85. The second kappa shape index (κ2) is 6.10. The first-order chi connectivity index (χ1) is 9.13. The van der Waals surface area contributed by atoms with Crippen molar-refractivity contribution in [1.29, 1.82) is 0 Å². The first kappa shape index (κ1) is 13.9. The zero-order chi connectivity index (χ0) is 13.8. The molecule has 19 heavy (non-hydrogen) atoms. The molecule has 0 radical (unpaired) electrons. The molecular weight excluding hydrogens is 266 g/mol. The smallest absolute Gasteiger partial charge is 0.306 e. The second-order valence-electron chi connectivity index (χ2n) is 4.70. The van der Waals surface area contributed by atoms with E-state index in [1.807, 2.05) is 6.92 Å². The van der Waals surface area contributed by atoms with Crippen LogP contribution in [-0.4, -0.2) is 44.6 Å². The van der Waals surface area contributed by atoms with Crippen molar-refractivity contribution in [3.05, 3.63) is 10.6 Å². The number of aliphatic carboxylic acids is 1. The Bertz CT molecular complexity index is 467. The molecule has 104 valence electrons. The Morgan fingerprint density at radius 1 is 1.42 bits per heavy atom. The van der Waals surface area contributed by atoms with Crippen LogP contribution in [0.25, 0.3) is 0 Å². The molecule has 1 N–H and O–H groups in total. The van der Waals surface area contributed by atoms with Gasteiger partial charge in [-0.3, -0.25) is 9.59 Å². The molecule has 1 fully saturated rings. The van der Waals surface area contributed by atoms with E-state index in [1.165, 1.54) is 0 Å². The zero-order valence-electron chi connectivity index (χ0n) is 10.8. The van der Waals surface area contributed by atoms with E-state index in [-0.39, 0.29) is 11.8 Å². The predicted molar refractivity (Wildman–Crippen MR) is 70.2 cm³/mol. The Morgan fingerprint density at radius 2 is 2.11 bits per heavy atom. The summed E-state index contributed by atoms with van der Waals surface area (Å²) in [5, 5.41) is 12.9. The molecule has 1 amide bonds. The van der Waals surface area contributed by atoms with Crippen LogP contribution in [0.2, 0.25) is 0 Å². The molecule has 0 unspecified atom stereocenters. The van der Waals surface area contributed by atoms with E-state index in [2.05, 4.69) is 9.59 Å². The van der Waals surface area contributed by atoms with Gasteiger partial charge in [-0.15, -0.1) is 5.10 Å². The summed E-state index contributed by atoms with van der Waals surface area (Å²) in [5.74, 6) is -1.14. The molecule has 1 saturated heterocycles. The van der Waals surface area contributed by atoms with Crippen LogP contribution < -0.4 is 0 Å². The summed E-state index contributed by atoms with van der Waals surface area (Å²) in [5.41, 5.74) is 0.762. The summed E-state index contributed by atoms with van der Waals surface area (Å²) in [6.45, 7) is 3.03. The lowest BCUT2D eigenvalue weighted by Gasteiger charge is -2.29. The van der Waals surface area contributed by atoms with Crippen LogP contribution in [0.1, 0.15) is 41.6 Å². The number of aryl methyl sites for hydroxylation is 1. The molecule has 1 aromatic heterocycles. The molecule has 0 spiro atoms. The fraction of sp³-hybridized carbons (Fsp3) is 0.667. The molecule has 6 nitrogen and oxygen atoms in total. The monoisotopic (exact) mass is 283 g/mol. The Balaban J connectivity index is 2.01. The van der Waals surface area contributed by atoms with Crippen LogP contribution in [-0.2, 0) is 11.2 Å². The number of carbonyl (C=O) groups excluding carboxylic acids is 1. The third-order valence-corrected chi connectivity index (χ3v) is 4.12. The first-order valence-corrected chi connectivity index (χ1v) is 7.24. The van der Waals surface area contributed by atoms with Gasteiger partial charge in [-0.05, 0) is 30.8 Å². The molecule has 2 heterocycles. The van der Waals surface area contributed by atoms with Gasteiger partial charge in [0, 0.05) is 13.1 Å². The number of carbonyl (C=O) groups is 2. The number of hydrogen-bond acceptors (Lipinski definition) is 5. The highest BCUT2D eigenvalue weighted by Crippen LogP contribution is 2.21. The SMILES string of the molecule is CCCc1nnsc1C(=O)N1CCC(C(=O)O)CC1. The third kappa shape index (κ3) is 3.09. The number of carboxylic acid groups (broad SMARTS) is 1. The Kier molecular flexibility index (Phi) is 4.47. The Morgan fingerprint density at radius 3 is 2.68 bits per heavy atom. The topological polar surface area (TPSA) is 83.4 Å². The van der Waals surface area contributed by atoms with Gasteiger partial charge in [-0.25, -0.2) is 0 Å². The number of piperidine rings is 1. The normalized spacial score (nSPS) is 16.6. The number of aromatic nitrogens is 2. The van der Waals surface area contributed by atoms with Crippen molar-refractivity contribution in [2.24, 2.45) is 5.92 Å².